The third-order valence-corrected chi connectivity index (χ3v) is 4.38. The molecule has 0 radical (unpaired) electrons. The fraction of sp³-hybridized carbons (Fsp3) is 0.467. The molecule has 2 rings (SSSR count). The molecule has 0 aliphatic carbocycles. The zero-order chi connectivity index (χ0) is 13.7. The molecule has 2 unspecified atom stereocenters. The highest BCUT2D eigenvalue weighted by Gasteiger charge is 2.16. The maximum Gasteiger partial charge on any atom is 0.0461 e. The second-order valence-corrected chi connectivity index (χ2v) is 5.82. The van der Waals surface area contributed by atoms with Gasteiger partial charge >= 0.3 is 0 Å². The number of aliphatic hydroxyl groups is 1. The van der Waals surface area contributed by atoms with E-state index < -0.39 is 0 Å². The van der Waals surface area contributed by atoms with Crippen LogP contribution in [-0.2, 0) is 0 Å². The van der Waals surface area contributed by atoms with Gasteiger partial charge in [0.1, 0.15) is 0 Å². The summed E-state index contributed by atoms with van der Waals surface area (Å²) >= 11 is 1.77. The Morgan fingerprint density at radius 3 is 2.89 bits per heavy atom. The van der Waals surface area contributed by atoms with Gasteiger partial charge in [-0.05, 0) is 42.2 Å². The van der Waals surface area contributed by atoms with Gasteiger partial charge in [-0.2, -0.15) is 0 Å². The minimum atomic E-state index is 0.185. The average molecular weight is 278 g/mol. The fourth-order valence-electron chi connectivity index (χ4n) is 2.38. The lowest BCUT2D eigenvalue weighted by Crippen LogP contribution is -2.35. The van der Waals surface area contributed by atoms with E-state index in [1.165, 1.54) is 15.6 Å². The summed E-state index contributed by atoms with van der Waals surface area (Å²) in [6, 6.07) is 8.98. The highest BCUT2D eigenvalue weighted by Crippen LogP contribution is 2.30. The van der Waals surface area contributed by atoms with Crippen LogP contribution in [0.4, 0.5) is 0 Å². The molecule has 1 aromatic heterocycles. The van der Waals surface area contributed by atoms with E-state index in [1.807, 2.05) is 0 Å². The zero-order valence-corrected chi connectivity index (χ0v) is 12.1. The van der Waals surface area contributed by atoms with Crippen LogP contribution in [0.1, 0.15) is 31.4 Å². The standard InChI is InChI=1S/C15H22N2OS/c1-11(5-4-8-18)17-14(9-16)13-10-19-15-7-3-2-6-12(13)15/h2-3,6-7,10-11,14,17-18H,4-5,8-9,16H2,1H3. The molecular formula is C15H22N2OS. The second-order valence-electron chi connectivity index (χ2n) is 4.91. The van der Waals surface area contributed by atoms with Gasteiger partial charge in [0, 0.05) is 29.9 Å². The molecule has 104 valence electrons. The third-order valence-electron chi connectivity index (χ3n) is 3.40. The molecule has 0 amide bonds. The number of thiophene rings is 1. The van der Waals surface area contributed by atoms with E-state index in [0.717, 1.165) is 12.8 Å². The van der Waals surface area contributed by atoms with Crippen molar-refractivity contribution < 1.29 is 5.11 Å². The minimum absolute atomic E-state index is 0.185. The van der Waals surface area contributed by atoms with Gasteiger partial charge in [0.25, 0.3) is 0 Å². The monoisotopic (exact) mass is 278 g/mol. The first-order valence-corrected chi connectivity index (χ1v) is 7.67. The van der Waals surface area contributed by atoms with Crippen molar-refractivity contribution in [2.45, 2.75) is 31.8 Å². The van der Waals surface area contributed by atoms with Gasteiger partial charge in [0.15, 0.2) is 0 Å². The van der Waals surface area contributed by atoms with Gasteiger partial charge < -0.3 is 16.2 Å². The molecule has 1 aromatic carbocycles. The number of nitrogens with one attached hydrogen (secondary N) is 1. The van der Waals surface area contributed by atoms with E-state index in [0.29, 0.717) is 12.6 Å². The molecular weight excluding hydrogens is 256 g/mol. The SMILES string of the molecule is CC(CCCO)NC(CN)c1csc2ccccc12. The number of rotatable bonds is 7. The van der Waals surface area contributed by atoms with E-state index in [9.17, 15) is 0 Å². The highest BCUT2D eigenvalue weighted by atomic mass is 32.1. The Morgan fingerprint density at radius 2 is 2.16 bits per heavy atom. The van der Waals surface area contributed by atoms with Crippen LogP contribution >= 0.6 is 11.3 Å². The Hall–Kier alpha value is -0.940. The Balaban J connectivity index is 2.13. The van der Waals surface area contributed by atoms with Gasteiger partial charge in [-0.15, -0.1) is 11.3 Å². The van der Waals surface area contributed by atoms with E-state index >= 15 is 0 Å². The van der Waals surface area contributed by atoms with Crippen molar-refractivity contribution in [1.29, 1.82) is 0 Å². The Labute approximate surface area is 118 Å². The highest BCUT2D eigenvalue weighted by molar-refractivity contribution is 7.17. The molecule has 2 aromatic rings. The average Bonchev–Trinajstić information content (AvgIpc) is 2.86. The van der Waals surface area contributed by atoms with Crippen LogP contribution in [-0.4, -0.2) is 24.3 Å². The first kappa shape index (κ1) is 14.5. The molecule has 4 N–H and O–H groups in total. The summed E-state index contributed by atoms with van der Waals surface area (Å²) < 4.78 is 1.31. The summed E-state index contributed by atoms with van der Waals surface area (Å²) in [6.07, 6.45) is 1.80. The van der Waals surface area contributed by atoms with Crippen molar-refractivity contribution in [2.24, 2.45) is 5.73 Å². The predicted octanol–water partition coefficient (Wildman–Crippen LogP) is 2.65. The van der Waals surface area contributed by atoms with Crippen LogP contribution in [0.25, 0.3) is 10.1 Å². The van der Waals surface area contributed by atoms with Gasteiger partial charge in [0.2, 0.25) is 0 Å². The molecule has 0 bridgehead atoms. The fourth-order valence-corrected chi connectivity index (χ4v) is 3.39. The Kier molecular flexibility index (Phi) is 5.34. The molecule has 0 aliphatic rings. The van der Waals surface area contributed by atoms with E-state index in [1.54, 1.807) is 11.3 Å². The van der Waals surface area contributed by atoms with Crippen LogP contribution in [0.3, 0.4) is 0 Å². The normalized spacial score (nSPS) is 14.7. The molecule has 1 heterocycles. The summed E-state index contributed by atoms with van der Waals surface area (Å²) in [6.45, 7) is 2.98. The van der Waals surface area contributed by atoms with Crippen molar-refractivity contribution in [3.8, 4) is 0 Å². The van der Waals surface area contributed by atoms with E-state index in [-0.39, 0.29) is 12.6 Å². The number of aliphatic hydroxyl groups excluding tert-OH is 1. The quantitative estimate of drug-likeness (QED) is 0.730. The maximum absolute atomic E-state index is 8.88. The van der Waals surface area contributed by atoms with E-state index in [2.05, 4.69) is 41.9 Å². The predicted molar refractivity (Wildman–Crippen MR) is 82.5 cm³/mol. The first-order chi connectivity index (χ1) is 9.26. The van der Waals surface area contributed by atoms with Crippen molar-refractivity contribution >= 4 is 21.4 Å². The molecule has 19 heavy (non-hydrogen) atoms. The summed E-state index contributed by atoms with van der Waals surface area (Å²) in [4.78, 5) is 0. The second kappa shape index (κ2) is 7.01. The molecule has 0 aliphatic heterocycles. The molecule has 0 saturated heterocycles. The van der Waals surface area contributed by atoms with Crippen molar-refractivity contribution in [3.63, 3.8) is 0 Å². The summed E-state index contributed by atoms with van der Waals surface area (Å²) in [5.41, 5.74) is 7.22. The van der Waals surface area contributed by atoms with E-state index in [4.69, 9.17) is 10.8 Å². The van der Waals surface area contributed by atoms with Crippen LogP contribution in [0, 0.1) is 0 Å². The summed E-state index contributed by atoms with van der Waals surface area (Å²) in [7, 11) is 0. The largest absolute Gasteiger partial charge is 0.396 e. The van der Waals surface area contributed by atoms with Crippen LogP contribution in [0.2, 0.25) is 0 Å². The third kappa shape index (κ3) is 3.54. The van der Waals surface area contributed by atoms with Crippen LogP contribution in [0.5, 0.6) is 0 Å². The number of nitrogens with two attached hydrogens (primary N) is 1. The van der Waals surface area contributed by atoms with Crippen molar-refractivity contribution in [2.75, 3.05) is 13.2 Å². The summed E-state index contributed by atoms with van der Waals surface area (Å²) in [5.74, 6) is 0. The lowest BCUT2D eigenvalue weighted by molar-refractivity contribution is 0.274. The molecule has 2 atom stereocenters. The lowest BCUT2D eigenvalue weighted by Gasteiger charge is -2.22. The first-order valence-electron chi connectivity index (χ1n) is 6.79. The van der Waals surface area contributed by atoms with Gasteiger partial charge in [-0.1, -0.05) is 18.2 Å². The Morgan fingerprint density at radius 1 is 1.37 bits per heavy atom. The van der Waals surface area contributed by atoms with Crippen molar-refractivity contribution in [1.82, 2.24) is 5.32 Å². The van der Waals surface area contributed by atoms with Crippen molar-refractivity contribution in [3.05, 3.63) is 35.2 Å². The molecule has 0 saturated carbocycles. The Bertz CT molecular complexity index is 512. The smallest absolute Gasteiger partial charge is 0.0461 e. The van der Waals surface area contributed by atoms with Gasteiger partial charge in [0.05, 0.1) is 0 Å². The minimum Gasteiger partial charge on any atom is -0.396 e. The van der Waals surface area contributed by atoms with Gasteiger partial charge in [-0.3, -0.25) is 0 Å². The molecule has 0 fully saturated rings. The van der Waals surface area contributed by atoms with Crippen LogP contribution in [0.15, 0.2) is 29.6 Å². The van der Waals surface area contributed by atoms with Crippen LogP contribution < -0.4 is 11.1 Å². The number of hydrogen-bond donors (Lipinski definition) is 3. The molecule has 3 nitrogen and oxygen atoms in total. The zero-order valence-electron chi connectivity index (χ0n) is 11.3. The lowest BCUT2D eigenvalue weighted by atomic mass is 10.0. The number of benzene rings is 1. The molecule has 0 spiro atoms. The number of hydrogen-bond acceptors (Lipinski definition) is 4. The number of fused-ring (bicyclic) bond motifs is 1. The topological polar surface area (TPSA) is 58.3 Å². The maximum atomic E-state index is 8.88. The van der Waals surface area contributed by atoms with Gasteiger partial charge in [-0.25, -0.2) is 0 Å². The molecule has 4 heteroatoms. The summed E-state index contributed by atoms with van der Waals surface area (Å²) in [5, 5.41) is 15.9.